The topological polar surface area (TPSA) is 58.4 Å². The fraction of sp³-hybridized carbons (Fsp3) is 0.562. The van der Waals surface area contributed by atoms with Crippen molar-refractivity contribution >= 4 is 5.91 Å². The average Bonchev–Trinajstić information content (AvgIpc) is 2.43. The molecule has 1 aromatic rings. The van der Waals surface area contributed by atoms with Crippen molar-refractivity contribution in [2.45, 2.75) is 39.4 Å². The molecular formula is C16H27N3O. The predicted octanol–water partition coefficient (Wildman–Crippen LogP) is 1.74. The van der Waals surface area contributed by atoms with Crippen LogP contribution >= 0.6 is 0 Å². The normalized spacial score (nSPS) is 14.1. The van der Waals surface area contributed by atoms with Crippen LogP contribution in [0.4, 0.5) is 0 Å². The Kier molecular flexibility index (Phi) is 6.68. The largest absolute Gasteiger partial charge is 0.351 e. The van der Waals surface area contributed by atoms with Crippen molar-refractivity contribution in [3.05, 3.63) is 35.4 Å². The second kappa shape index (κ2) is 8.02. The molecule has 0 bridgehead atoms. The molecule has 1 aromatic carbocycles. The smallest absolute Gasteiger partial charge is 0.237 e. The molecule has 1 rings (SSSR count). The zero-order valence-corrected chi connectivity index (χ0v) is 13.0. The first-order valence-corrected chi connectivity index (χ1v) is 7.20. The molecular weight excluding hydrogens is 250 g/mol. The van der Waals surface area contributed by atoms with Crippen LogP contribution < -0.4 is 11.1 Å². The molecule has 4 heteroatoms. The van der Waals surface area contributed by atoms with E-state index >= 15 is 0 Å². The van der Waals surface area contributed by atoms with Gasteiger partial charge in [0, 0.05) is 13.1 Å². The van der Waals surface area contributed by atoms with Crippen LogP contribution in [0.5, 0.6) is 0 Å². The number of nitrogens with zero attached hydrogens (tertiary/aromatic N) is 1. The van der Waals surface area contributed by atoms with Crippen molar-refractivity contribution in [3.63, 3.8) is 0 Å². The van der Waals surface area contributed by atoms with Crippen molar-refractivity contribution < 1.29 is 4.79 Å². The summed E-state index contributed by atoms with van der Waals surface area (Å²) in [5.74, 6) is 0.131. The van der Waals surface area contributed by atoms with Gasteiger partial charge in [0.25, 0.3) is 0 Å². The lowest BCUT2D eigenvalue weighted by Gasteiger charge is -2.19. The standard InChI is InChI=1S/C16H27N3O/c1-5-12(2)15(17)16(20)18-10-13-8-6-7-9-14(13)11-19(3)4/h6-9,12,15H,5,10-11,17H2,1-4H3,(H,18,20)/t12?,15-/m0/s1. The van der Waals surface area contributed by atoms with Crippen molar-refractivity contribution in [1.82, 2.24) is 10.2 Å². The van der Waals surface area contributed by atoms with Crippen LogP contribution in [-0.2, 0) is 17.9 Å². The van der Waals surface area contributed by atoms with E-state index in [1.807, 2.05) is 46.1 Å². The molecule has 0 radical (unpaired) electrons. The molecule has 0 saturated carbocycles. The Hall–Kier alpha value is -1.39. The third-order valence-corrected chi connectivity index (χ3v) is 3.62. The van der Waals surface area contributed by atoms with Gasteiger partial charge < -0.3 is 16.0 Å². The lowest BCUT2D eigenvalue weighted by molar-refractivity contribution is -0.123. The van der Waals surface area contributed by atoms with Crippen LogP contribution in [0, 0.1) is 5.92 Å². The predicted molar refractivity (Wildman–Crippen MR) is 83.1 cm³/mol. The Labute approximate surface area is 122 Å². The number of amides is 1. The molecule has 2 atom stereocenters. The summed E-state index contributed by atoms with van der Waals surface area (Å²) in [6.07, 6.45) is 0.909. The summed E-state index contributed by atoms with van der Waals surface area (Å²) in [4.78, 5) is 14.1. The van der Waals surface area contributed by atoms with Crippen LogP contribution in [0.15, 0.2) is 24.3 Å². The quantitative estimate of drug-likeness (QED) is 0.798. The minimum atomic E-state index is -0.430. The Morgan fingerprint density at radius 1 is 1.30 bits per heavy atom. The Morgan fingerprint density at radius 2 is 1.90 bits per heavy atom. The van der Waals surface area contributed by atoms with E-state index in [2.05, 4.69) is 16.3 Å². The molecule has 0 aliphatic carbocycles. The van der Waals surface area contributed by atoms with Crippen LogP contribution in [0.25, 0.3) is 0 Å². The lowest BCUT2D eigenvalue weighted by atomic mass is 9.99. The number of hydrogen-bond donors (Lipinski definition) is 2. The summed E-state index contributed by atoms with van der Waals surface area (Å²) in [6.45, 7) is 5.45. The zero-order valence-electron chi connectivity index (χ0n) is 13.0. The molecule has 112 valence electrons. The SMILES string of the molecule is CCC(C)[C@H](N)C(=O)NCc1ccccc1CN(C)C. The Bertz CT molecular complexity index is 431. The fourth-order valence-electron chi connectivity index (χ4n) is 2.04. The highest BCUT2D eigenvalue weighted by Crippen LogP contribution is 2.11. The van der Waals surface area contributed by atoms with Gasteiger partial charge in [0.1, 0.15) is 0 Å². The maximum Gasteiger partial charge on any atom is 0.237 e. The number of carbonyl (C=O) groups excluding carboxylic acids is 1. The summed E-state index contributed by atoms with van der Waals surface area (Å²) in [6, 6.07) is 7.73. The summed E-state index contributed by atoms with van der Waals surface area (Å²) in [5, 5.41) is 2.95. The lowest BCUT2D eigenvalue weighted by Crippen LogP contribution is -2.44. The van der Waals surface area contributed by atoms with Gasteiger partial charge in [0.2, 0.25) is 5.91 Å². The van der Waals surface area contributed by atoms with Gasteiger partial charge in [-0.05, 0) is 31.1 Å². The van der Waals surface area contributed by atoms with Gasteiger partial charge in [-0.1, -0.05) is 44.5 Å². The van der Waals surface area contributed by atoms with E-state index in [4.69, 9.17) is 5.73 Å². The second-order valence-electron chi connectivity index (χ2n) is 5.64. The highest BCUT2D eigenvalue weighted by atomic mass is 16.2. The first-order valence-electron chi connectivity index (χ1n) is 7.20. The third-order valence-electron chi connectivity index (χ3n) is 3.62. The molecule has 0 fully saturated rings. The highest BCUT2D eigenvalue weighted by molar-refractivity contribution is 5.81. The van der Waals surface area contributed by atoms with Gasteiger partial charge in [-0.15, -0.1) is 0 Å². The molecule has 0 aliphatic rings. The van der Waals surface area contributed by atoms with E-state index in [1.54, 1.807) is 0 Å². The number of nitrogens with one attached hydrogen (secondary N) is 1. The van der Waals surface area contributed by atoms with Gasteiger partial charge in [-0.2, -0.15) is 0 Å². The van der Waals surface area contributed by atoms with Gasteiger partial charge >= 0.3 is 0 Å². The molecule has 0 heterocycles. The fourth-order valence-corrected chi connectivity index (χ4v) is 2.04. The zero-order chi connectivity index (χ0) is 15.1. The van der Waals surface area contributed by atoms with Crippen molar-refractivity contribution in [2.24, 2.45) is 11.7 Å². The van der Waals surface area contributed by atoms with Crippen LogP contribution in [0.3, 0.4) is 0 Å². The van der Waals surface area contributed by atoms with E-state index < -0.39 is 6.04 Å². The molecule has 20 heavy (non-hydrogen) atoms. The average molecular weight is 277 g/mol. The monoisotopic (exact) mass is 277 g/mol. The van der Waals surface area contributed by atoms with Crippen molar-refractivity contribution in [2.75, 3.05) is 14.1 Å². The molecule has 0 aliphatic heterocycles. The summed E-state index contributed by atoms with van der Waals surface area (Å²) < 4.78 is 0. The van der Waals surface area contributed by atoms with Gasteiger partial charge in [-0.3, -0.25) is 4.79 Å². The van der Waals surface area contributed by atoms with Crippen LogP contribution in [0.1, 0.15) is 31.4 Å². The maximum atomic E-state index is 12.0. The van der Waals surface area contributed by atoms with E-state index in [0.717, 1.165) is 18.5 Å². The Morgan fingerprint density at radius 3 is 2.45 bits per heavy atom. The van der Waals surface area contributed by atoms with E-state index in [0.29, 0.717) is 6.54 Å². The number of rotatable bonds is 7. The van der Waals surface area contributed by atoms with Crippen LogP contribution in [0.2, 0.25) is 0 Å². The summed E-state index contributed by atoms with van der Waals surface area (Å²) >= 11 is 0. The van der Waals surface area contributed by atoms with Gasteiger partial charge in [-0.25, -0.2) is 0 Å². The Balaban J connectivity index is 2.63. The third kappa shape index (κ3) is 4.94. The first kappa shape index (κ1) is 16.7. The highest BCUT2D eigenvalue weighted by Gasteiger charge is 2.19. The number of hydrogen-bond acceptors (Lipinski definition) is 3. The molecule has 4 nitrogen and oxygen atoms in total. The van der Waals surface area contributed by atoms with E-state index in [-0.39, 0.29) is 11.8 Å². The van der Waals surface area contributed by atoms with Crippen molar-refractivity contribution in [3.8, 4) is 0 Å². The summed E-state index contributed by atoms with van der Waals surface area (Å²) in [5.41, 5.74) is 8.31. The number of nitrogens with two attached hydrogens (primary N) is 1. The van der Waals surface area contributed by atoms with Gasteiger partial charge in [0.15, 0.2) is 0 Å². The second-order valence-corrected chi connectivity index (χ2v) is 5.64. The van der Waals surface area contributed by atoms with Crippen LogP contribution in [-0.4, -0.2) is 30.9 Å². The minimum Gasteiger partial charge on any atom is -0.351 e. The minimum absolute atomic E-state index is 0.0704. The molecule has 1 amide bonds. The molecule has 1 unspecified atom stereocenters. The summed E-state index contributed by atoms with van der Waals surface area (Å²) in [7, 11) is 4.07. The molecule has 0 aromatic heterocycles. The number of carbonyl (C=O) groups is 1. The van der Waals surface area contributed by atoms with Gasteiger partial charge in [0.05, 0.1) is 6.04 Å². The van der Waals surface area contributed by atoms with Crippen molar-refractivity contribution in [1.29, 1.82) is 0 Å². The molecule has 3 N–H and O–H groups in total. The van der Waals surface area contributed by atoms with E-state index in [9.17, 15) is 4.79 Å². The van der Waals surface area contributed by atoms with E-state index in [1.165, 1.54) is 5.56 Å². The molecule has 0 saturated heterocycles. The maximum absolute atomic E-state index is 12.0. The number of benzene rings is 1. The molecule has 0 spiro atoms. The first-order chi connectivity index (χ1) is 9.45.